The number of esters is 3. The number of unbranched alkanes of at least 4 members (excludes halogenated alkanes) is 22. The minimum atomic E-state index is -0.811. The van der Waals surface area contributed by atoms with E-state index in [4.69, 9.17) is 14.2 Å². The van der Waals surface area contributed by atoms with Crippen molar-refractivity contribution < 1.29 is 28.6 Å². The Balaban J connectivity index is 4.39. The van der Waals surface area contributed by atoms with Gasteiger partial charge in [-0.2, -0.15) is 0 Å². The molecule has 0 bridgehead atoms. The van der Waals surface area contributed by atoms with Gasteiger partial charge in [0.25, 0.3) is 0 Å². The van der Waals surface area contributed by atoms with E-state index in [0.29, 0.717) is 12.8 Å². The van der Waals surface area contributed by atoms with Gasteiger partial charge < -0.3 is 14.2 Å². The molecule has 0 N–H and O–H groups in total. The second kappa shape index (κ2) is 39.1. The van der Waals surface area contributed by atoms with Gasteiger partial charge in [0.2, 0.25) is 0 Å². The van der Waals surface area contributed by atoms with E-state index in [1.165, 1.54) is 109 Å². The number of nitrogens with zero attached hydrogens (tertiary/aromatic N) is 1. The predicted molar refractivity (Wildman–Crippen MR) is 228 cm³/mol. The summed E-state index contributed by atoms with van der Waals surface area (Å²) in [6, 6.07) is 0.380. The van der Waals surface area contributed by atoms with Crippen molar-refractivity contribution in [3.05, 3.63) is 24.3 Å². The van der Waals surface area contributed by atoms with Gasteiger partial charge in [-0.05, 0) is 91.9 Å². The topological polar surface area (TPSA) is 82.1 Å². The quantitative estimate of drug-likeness (QED) is 0.0267. The Hall–Kier alpha value is -2.15. The average molecular weight is 762 g/mol. The first-order valence-corrected chi connectivity index (χ1v) is 22.8. The van der Waals surface area contributed by atoms with Crippen LogP contribution in [-0.4, -0.2) is 60.8 Å². The highest BCUT2D eigenvalue weighted by Gasteiger charge is 2.22. The number of ether oxygens (including phenoxy) is 3. The zero-order chi connectivity index (χ0) is 39.9. The molecule has 316 valence electrons. The molecule has 0 aliphatic carbocycles. The summed E-state index contributed by atoms with van der Waals surface area (Å²) in [5.74, 6) is -1.02. The first-order valence-electron chi connectivity index (χ1n) is 22.8. The summed E-state index contributed by atoms with van der Waals surface area (Å²) < 4.78 is 16.7. The van der Waals surface area contributed by atoms with Gasteiger partial charge in [-0.25, -0.2) is 0 Å². The molecule has 0 saturated carbocycles. The van der Waals surface area contributed by atoms with E-state index in [0.717, 1.165) is 57.8 Å². The summed E-state index contributed by atoms with van der Waals surface area (Å²) in [5, 5.41) is 0. The lowest BCUT2D eigenvalue weighted by atomic mass is 10.1. The highest BCUT2D eigenvalue weighted by molar-refractivity contribution is 5.72. The van der Waals surface area contributed by atoms with Crippen LogP contribution in [0.2, 0.25) is 0 Å². The lowest BCUT2D eigenvalue weighted by Crippen LogP contribution is -2.42. The standard InChI is InChI=1S/C47H87NO6/c1-7-9-11-13-15-17-19-21-23-25-27-29-31-33-35-37-45(49)52-40-44(41-53-47(51)39-48(42(3)4)43(5)6)54-46(50)38-36-34-32-30-28-26-24-22-20-18-16-14-12-10-8-2/h21-24,42-44H,7-20,25-41H2,1-6H3/b23-21-,24-22-/t44-/m1/s1. The summed E-state index contributed by atoms with van der Waals surface area (Å²) >= 11 is 0. The molecular formula is C47H87NO6. The van der Waals surface area contributed by atoms with Crippen molar-refractivity contribution in [2.24, 2.45) is 0 Å². The smallest absolute Gasteiger partial charge is 0.320 e. The Labute approximate surface area is 334 Å². The zero-order valence-corrected chi connectivity index (χ0v) is 36.4. The summed E-state index contributed by atoms with van der Waals surface area (Å²) in [6.45, 7) is 12.6. The maximum atomic E-state index is 12.7. The molecule has 0 aromatic carbocycles. The van der Waals surface area contributed by atoms with Crippen LogP contribution in [0.15, 0.2) is 24.3 Å². The largest absolute Gasteiger partial charge is 0.462 e. The van der Waals surface area contributed by atoms with Crippen LogP contribution in [0.3, 0.4) is 0 Å². The first kappa shape index (κ1) is 51.9. The summed E-state index contributed by atoms with van der Waals surface area (Å²) in [4.78, 5) is 40.0. The normalized spacial score (nSPS) is 12.5. The van der Waals surface area contributed by atoms with E-state index in [-0.39, 0.29) is 49.8 Å². The van der Waals surface area contributed by atoms with Crippen LogP contribution in [0, 0.1) is 0 Å². The van der Waals surface area contributed by atoms with Gasteiger partial charge in [0.15, 0.2) is 6.10 Å². The molecule has 54 heavy (non-hydrogen) atoms. The maximum absolute atomic E-state index is 12.7. The molecular weight excluding hydrogens is 675 g/mol. The molecule has 1 atom stereocenters. The van der Waals surface area contributed by atoms with Crippen molar-refractivity contribution in [2.45, 2.75) is 240 Å². The third kappa shape index (κ3) is 35.5. The second-order valence-corrected chi connectivity index (χ2v) is 16.0. The average Bonchev–Trinajstić information content (AvgIpc) is 3.14. The molecule has 0 aliphatic rings. The number of hydrogen-bond donors (Lipinski definition) is 0. The predicted octanol–water partition coefficient (Wildman–Crippen LogP) is 13.2. The van der Waals surface area contributed by atoms with Crippen LogP contribution in [0.5, 0.6) is 0 Å². The maximum Gasteiger partial charge on any atom is 0.320 e. The van der Waals surface area contributed by atoms with Crippen LogP contribution in [0.4, 0.5) is 0 Å². The molecule has 7 nitrogen and oxygen atoms in total. The molecule has 0 amide bonds. The summed E-state index contributed by atoms with van der Waals surface area (Å²) in [7, 11) is 0. The molecule has 0 unspecified atom stereocenters. The highest BCUT2D eigenvalue weighted by atomic mass is 16.6. The minimum Gasteiger partial charge on any atom is -0.462 e. The van der Waals surface area contributed by atoms with Crippen molar-refractivity contribution in [3.63, 3.8) is 0 Å². The fourth-order valence-electron chi connectivity index (χ4n) is 6.64. The van der Waals surface area contributed by atoms with Crippen molar-refractivity contribution in [1.82, 2.24) is 4.90 Å². The van der Waals surface area contributed by atoms with E-state index < -0.39 is 6.10 Å². The molecule has 0 radical (unpaired) electrons. The highest BCUT2D eigenvalue weighted by Crippen LogP contribution is 2.13. The van der Waals surface area contributed by atoms with Crippen LogP contribution in [0.25, 0.3) is 0 Å². The van der Waals surface area contributed by atoms with Crippen molar-refractivity contribution in [3.8, 4) is 0 Å². The molecule has 0 spiro atoms. The third-order valence-corrected chi connectivity index (χ3v) is 10.1. The van der Waals surface area contributed by atoms with E-state index >= 15 is 0 Å². The fraction of sp³-hybridized carbons (Fsp3) is 0.851. The number of carbonyl (C=O) groups is 3. The lowest BCUT2D eigenvalue weighted by molar-refractivity contribution is -0.167. The van der Waals surface area contributed by atoms with Crippen molar-refractivity contribution in [2.75, 3.05) is 19.8 Å². The SMILES string of the molecule is CCCCCCCC/C=C\CCCCCCCC(=O)OC[C@H](COC(=O)CN(C(C)C)C(C)C)OC(=O)CCCCCCC/C=C\CCCCCCCC. The number of allylic oxidation sites excluding steroid dienone is 4. The Kier molecular flexibility index (Phi) is 37.5. The van der Waals surface area contributed by atoms with E-state index in [1.807, 2.05) is 32.6 Å². The Morgan fingerprint density at radius 1 is 0.444 bits per heavy atom. The molecule has 0 fully saturated rings. The Morgan fingerprint density at radius 2 is 0.778 bits per heavy atom. The monoisotopic (exact) mass is 762 g/mol. The number of carbonyl (C=O) groups excluding carboxylic acids is 3. The molecule has 0 heterocycles. The van der Waals surface area contributed by atoms with Crippen LogP contribution in [0.1, 0.15) is 221 Å². The Bertz CT molecular complexity index is 921. The first-order chi connectivity index (χ1) is 26.2. The molecule has 0 aromatic heterocycles. The van der Waals surface area contributed by atoms with Gasteiger partial charge >= 0.3 is 17.9 Å². The lowest BCUT2D eigenvalue weighted by Gasteiger charge is -2.29. The molecule has 0 aliphatic heterocycles. The molecule has 0 rings (SSSR count). The number of rotatable bonds is 39. The van der Waals surface area contributed by atoms with Crippen molar-refractivity contribution in [1.29, 1.82) is 0 Å². The van der Waals surface area contributed by atoms with Crippen LogP contribution in [-0.2, 0) is 28.6 Å². The fourth-order valence-corrected chi connectivity index (χ4v) is 6.64. The third-order valence-electron chi connectivity index (χ3n) is 10.1. The summed E-state index contributed by atoms with van der Waals surface area (Å²) in [6.07, 6.45) is 40.3. The summed E-state index contributed by atoms with van der Waals surface area (Å²) in [5.41, 5.74) is 0. The van der Waals surface area contributed by atoms with Crippen LogP contribution < -0.4 is 0 Å². The van der Waals surface area contributed by atoms with Gasteiger partial charge in [0.05, 0.1) is 6.54 Å². The van der Waals surface area contributed by atoms with Gasteiger partial charge in [-0.3, -0.25) is 19.3 Å². The molecule has 0 aromatic rings. The van der Waals surface area contributed by atoms with E-state index in [9.17, 15) is 14.4 Å². The van der Waals surface area contributed by atoms with Crippen LogP contribution >= 0.6 is 0 Å². The molecule has 7 heteroatoms. The minimum absolute atomic E-state index is 0.104. The van der Waals surface area contributed by atoms with Crippen molar-refractivity contribution >= 4 is 17.9 Å². The molecule has 0 saturated heterocycles. The van der Waals surface area contributed by atoms with Gasteiger partial charge in [-0.1, -0.05) is 141 Å². The second-order valence-electron chi connectivity index (χ2n) is 16.0. The zero-order valence-electron chi connectivity index (χ0n) is 36.4. The Morgan fingerprint density at radius 3 is 1.17 bits per heavy atom. The van der Waals surface area contributed by atoms with Gasteiger partial charge in [0.1, 0.15) is 13.2 Å². The van der Waals surface area contributed by atoms with E-state index in [1.54, 1.807) is 0 Å². The number of hydrogen-bond acceptors (Lipinski definition) is 7. The van der Waals surface area contributed by atoms with E-state index in [2.05, 4.69) is 38.2 Å². The van der Waals surface area contributed by atoms with Gasteiger partial charge in [0, 0.05) is 24.9 Å². The van der Waals surface area contributed by atoms with Gasteiger partial charge in [-0.15, -0.1) is 0 Å².